The second kappa shape index (κ2) is 7.23. The highest BCUT2D eigenvalue weighted by molar-refractivity contribution is 7.99. The number of aryl methyl sites for hydroxylation is 1. The van der Waals surface area contributed by atoms with Gasteiger partial charge in [-0.25, -0.2) is 0 Å². The average Bonchev–Trinajstić information content (AvgIpc) is 3.08. The fourth-order valence-electron chi connectivity index (χ4n) is 1.78. The highest BCUT2D eigenvalue weighted by atomic mass is 32.2. The lowest BCUT2D eigenvalue weighted by Gasteiger charge is -2.05. The topological polar surface area (TPSA) is 95.1 Å². The minimum absolute atomic E-state index is 0.0559. The van der Waals surface area contributed by atoms with Gasteiger partial charge >= 0.3 is 5.97 Å². The van der Waals surface area contributed by atoms with Gasteiger partial charge in [0.15, 0.2) is 5.16 Å². The van der Waals surface area contributed by atoms with Gasteiger partial charge in [0.2, 0.25) is 0 Å². The summed E-state index contributed by atoms with van der Waals surface area (Å²) in [5.41, 5.74) is 0.820. The summed E-state index contributed by atoms with van der Waals surface area (Å²) in [4.78, 5) is 10.7. The van der Waals surface area contributed by atoms with E-state index in [0.717, 1.165) is 23.3 Å². The Balaban J connectivity index is 2.25. The SMILES string of the molecule is CCc1nnc(SCC(=O)O)n1-c1cnn(CCOC)c1. The van der Waals surface area contributed by atoms with E-state index in [4.69, 9.17) is 9.84 Å². The number of nitrogens with zero attached hydrogens (tertiary/aromatic N) is 5. The molecule has 9 heteroatoms. The zero-order valence-corrected chi connectivity index (χ0v) is 12.7. The van der Waals surface area contributed by atoms with E-state index in [1.165, 1.54) is 0 Å². The molecule has 114 valence electrons. The number of carboxylic acids is 1. The van der Waals surface area contributed by atoms with Crippen LogP contribution in [0.5, 0.6) is 0 Å². The highest BCUT2D eigenvalue weighted by Crippen LogP contribution is 2.21. The number of hydrogen-bond donors (Lipinski definition) is 1. The Kier molecular flexibility index (Phi) is 5.34. The minimum Gasteiger partial charge on any atom is -0.481 e. The van der Waals surface area contributed by atoms with Crippen molar-refractivity contribution in [3.63, 3.8) is 0 Å². The monoisotopic (exact) mass is 311 g/mol. The first-order valence-electron chi connectivity index (χ1n) is 6.46. The van der Waals surface area contributed by atoms with Crippen LogP contribution < -0.4 is 0 Å². The molecule has 1 N–H and O–H groups in total. The van der Waals surface area contributed by atoms with Gasteiger partial charge in [0.1, 0.15) is 5.82 Å². The maximum Gasteiger partial charge on any atom is 0.313 e. The van der Waals surface area contributed by atoms with Crippen molar-refractivity contribution < 1.29 is 14.6 Å². The summed E-state index contributed by atoms with van der Waals surface area (Å²) in [6.45, 7) is 3.20. The number of carbonyl (C=O) groups is 1. The quantitative estimate of drug-likeness (QED) is 0.722. The van der Waals surface area contributed by atoms with E-state index in [-0.39, 0.29) is 5.75 Å². The van der Waals surface area contributed by atoms with E-state index in [0.29, 0.717) is 24.7 Å². The Hall–Kier alpha value is -1.87. The van der Waals surface area contributed by atoms with Crippen LogP contribution in [0.4, 0.5) is 0 Å². The molecule has 0 unspecified atom stereocenters. The van der Waals surface area contributed by atoms with E-state index in [9.17, 15) is 4.79 Å². The Bertz CT molecular complexity index is 610. The fourth-order valence-corrected chi connectivity index (χ4v) is 2.47. The predicted molar refractivity (Wildman–Crippen MR) is 76.8 cm³/mol. The molecule has 0 fully saturated rings. The molecule has 0 aliphatic rings. The Morgan fingerprint density at radius 1 is 1.48 bits per heavy atom. The van der Waals surface area contributed by atoms with Crippen molar-refractivity contribution >= 4 is 17.7 Å². The number of carboxylic acid groups (broad SMARTS) is 1. The Labute approximate surface area is 126 Å². The van der Waals surface area contributed by atoms with Crippen molar-refractivity contribution in [2.24, 2.45) is 0 Å². The number of ether oxygens (including phenoxy) is 1. The maximum atomic E-state index is 10.7. The largest absolute Gasteiger partial charge is 0.481 e. The third-order valence-electron chi connectivity index (χ3n) is 2.74. The van der Waals surface area contributed by atoms with E-state index >= 15 is 0 Å². The molecule has 0 saturated carbocycles. The third kappa shape index (κ3) is 3.82. The van der Waals surface area contributed by atoms with Gasteiger partial charge in [0, 0.05) is 19.7 Å². The fraction of sp³-hybridized carbons (Fsp3) is 0.500. The lowest BCUT2D eigenvalue weighted by atomic mass is 10.4. The van der Waals surface area contributed by atoms with Crippen molar-refractivity contribution in [2.75, 3.05) is 19.5 Å². The lowest BCUT2D eigenvalue weighted by Crippen LogP contribution is -2.05. The van der Waals surface area contributed by atoms with Crippen molar-refractivity contribution in [1.82, 2.24) is 24.5 Å². The van der Waals surface area contributed by atoms with Crippen LogP contribution in [0.15, 0.2) is 17.6 Å². The van der Waals surface area contributed by atoms with Crippen LogP contribution in [0.1, 0.15) is 12.7 Å². The molecule has 0 radical (unpaired) electrons. The van der Waals surface area contributed by atoms with Crippen LogP contribution in [0.2, 0.25) is 0 Å². The molecule has 0 amide bonds. The number of aliphatic carboxylic acids is 1. The van der Waals surface area contributed by atoms with Crippen LogP contribution >= 0.6 is 11.8 Å². The van der Waals surface area contributed by atoms with Crippen LogP contribution in [0.3, 0.4) is 0 Å². The summed E-state index contributed by atoms with van der Waals surface area (Å²) in [7, 11) is 1.64. The summed E-state index contributed by atoms with van der Waals surface area (Å²) in [6, 6.07) is 0. The Morgan fingerprint density at radius 2 is 2.29 bits per heavy atom. The summed E-state index contributed by atoms with van der Waals surface area (Å²) < 4.78 is 8.62. The molecule has 0 aromatic carbocycles. The van der Waals surface area contributed by atoms with Crippen molar-refractivity contribution in [3.05, 3.63) is 18.2 Å². The van der Waals surface area contributed by atoms with E-state index < -0.39 is 5.97 Å². The summed E-state index contributed by atoms with van der Waals surface area (Å²) in [5.74, 6) is -0.169. The molecule has 0 atom stereocenters. The second-order valence-electron chi connectivity index (χ2n) is 4.22. The normalized spacial score (nSPS) is 11.0. The molecular formula is C12H17N5O3S. The van der Waals surface area contributed by atoms with Gasteiger partial charge < -0.3 is 9.84 Å². The molecule has 0 spiro atoms. The van der Waals surface area contributed by atoms with E-state index in [1.54, 1.807) is 18.0 Å². The summed E-state index contributed by atoms with van der Waals surface area (Å²) in [6.07, 6.45) is 4.28. The summed E-state index contributed by atoms with van der Waals surface area (Å²) >= 11 is 1.14. The van der Waals surface area contributed by atoms with Crippen molar-refractivity contribution in [1.29, 1.82) is 0 Å². The van der Waals surface area contributed by atoms with Gasteiger partial charge in [-0.3, -0.25) is 14.0 Å². The molecule has 8 nitrogen and oxygen atoms in total. The van der Waals surface area contributed by atoms with Gasteiger partial charge in [0.05, 0.1) is 30.8 Å². The first kappa shape index (κ1) is 15.5. The molecule has 0 aliphatic carbocycles. The van der Waals surface area contributed by atoms with Gasteiger partial charge in [0.25, 0.3) is 0 Å². The number of thioether (sulfide) groups is 1. The zero-order chi connectivity index (χ0) is 15.2. The number of methoxy groups -OCH3 is 1. The number of aromatic nitrogens is 5. The van der Waals surface area contributed by atoms with Crippen molar-refractivity contribution in [3.8, 4) is 5.69 Å². The molecule has 2 rings (SSSR count). The molecule has 0 aliphatic heterocycles. The van der Waals surface area contributed by atoms with Crippen LogP contribution in [0.25, 0.3) is 5.69 Å². The van der Waals surface area contributed by atoms with E-state index in [1.807, 2.05) is 17.7 Å². The van der Waals surface area contributed by atoms with Gasteiger partial charge in [-0.05, 0) is 0 Å². The first-order valence-corrected chi connectivity index (χ1v) is 7.45. The highest BCUT2D eigenvalue weighted by Gasteiger charge is 2.15. The second-order valence-corrected chi connectivity index (χ2v) is 5.17. The first-order chi connectivity index (χ1) is 10.2. The molecule has 0 bridgehead atoms. The lowest BCUT2D eigenvalue weighted by molar-refractivity contribution is -0.133. The number of rotatable bonds is 8. The molecule has 21 heavy (non-hydrogen) atoms. The smallest absolute Gasteiger partial charge is 0.313 e. The molecular weight excluding hydrogens is 294 g/mol. The van der Waals surface area contributed by atoms with Crippen molar-refractivity contribution in [2.45, 2.75) is 25.0 Å². The van der Waals surface area contributed by atoms with Gasteiger partial charge in [-0.1, -0.05) is 18.7 Å². The minimum atomic E-state index is -0.886. The van der Waals surface area contributed by atoms with Gasteiger partial charge in [-0.15, -0.1) is 10.2 Å². The van der Waals surface area contributed by atoms with Crippen LogP contribution in [-0.4, -0.2) is 55.1 Å². The van der Waals surface area contributed by atoms with Gasteiger partial charge in [-0.2, -0.15) is 5.10 Å². The molecule has 2 aromatic heterocycles. The van der Waals surface area contributed by atoms with Crippen LogP contribution in [0, 0.1) is 0 Å². The molecule has 2 heterocycles. The van der Waals surface area contributed by atoms with Crippen LogP contribution in [-0.2, 0) is 22.5 Å². The summed E-state index contributed by atoms with van der Waals surface area (Å²) in [5, 5.41) is 21.8. The molecule has 0 saturated heterocycles. The molecule has 2 aromatic rings. The standard InChI is InChI=1S/C12H17N5O3S/c1-3-10-14-15-12(21-8-11(18)19)17(10)9-6-13-16(7-9)4-5-20-2/h6-7H,3-5,8H2,1-2H3,(H,18,19). The zero-order valence-electron chi connectivity index (χ0n) is 11.9. The van der Waals surface area contributed by atoms with E-state index in [2.05, 4.69) is 15.3 Å². The number of hydrogen-bond acceptors (Lipinski definition) is 6. The predicted octanol–water partition coefficient (Wildman–Crippen LogP) is 0.849. The maximum absolute atomic E-state index is 10.7. The average molecular weight is 311 g/mol. The third-order valence-corrected chi connectivity index (χ3v) is 3.66. The Morgan fingerprint density at radius 3 is 2.95 bits per heavy atom.